The maximum Gasteiger partial charge on any atom is 0.238 e. The van der Waals surface area contributed by atoms with Crippen LogP contribution >= 0.6 is 11.6 Å². The highest BCUT2D eigenvalue weighted by molar-refractivity contribution is 7.89. The van der Waals surface area contributed by atoms with Crippen LogP contribution in [0, 0.1) is 0 Å². The molecule has 1 unspecified atom stereocenters. The number of carbonyl (C=O) groups excluding carboxylic acids is 1. The zero-order chi connectivity index (χ0) is 15.5. The number of nitrogens with two attached hydrogens (primary N) is 1. The molecule has 0 aromatic heterocycles. The van der Waals surface area contributed by atoms with Crippen molar-refractivity contribution in [3.63, 3.8) is 0 Å². The second kappa shape index (κ2) is 6.71. The van der Waals surface area contributed by atoms with Crippen LogP contribution in [0.3, 0.4) is 0 Å². The van der Waals surface area contributed by atoms with Crippen molar-refractivity contribution < 1.29 is 17.9 Å². The van der Waals surface area contributed by atoms with Gasteiger partial charge < -0.3 is 15.4 Å². The molecule has 1 fully saturated rings. The first-order chi connectivity index (χ1) is 9.86. The number of amides is 1. The third-order valence-electron chi connectivity index (χ3n) is 2.96. The predicted octanol–water partition coefficient (Wildman–Crippen LogP) is 0.304. The number of sulfonamides is 1. The van der Waals surface area contributed by atoms with Gasteiger partial charge in [-0.1, -0.05) is 11.6 Å². The van der Waals surface area contributed by atoms with Gasteiger partial charge in [0.25, 0.3) is 0 Å². The lowest BCUT2D eigenvalue weighted by Crippen LogP contribution is -2.40. The SMILES string of the molecule is NS(=O)(=O)c1ccc(Cl)c(NC(=O)CC2CNCCO2)c1. The number of anilines is 1. The number of nitrogens with one attached hydrogen (secondary N) is 2. The lowest BCUT2D eigenvalue weighted by Gasteiger charge is -2.23. The van der Waals surface area contributed by atoms with Crippen LogP contribution in [-0.4, -0.2) is 40.1 Å². The van der Waals surface area contributed by atoms with Crippen molar-refractivity contribution in [3.05, 3.63) is 23.2 Å². The Morgan fingerprint density at radius 2 is 2.29 bits per heavy atom. The number of benzene rings is 1. The molecule has 1 heterocycles. The molecule has 4 N–H and O–H groups in total. The Morgan fingerprint density at radius 3 is 2.90 bits per heavy atom. The zero-order valence-electron chi connectivity index (χ0n) is 11.1. The largest absolute Gasteiger partial charge is 0.375 e. The van der Waals surface area contributed by atoms with Crippen LogP contribution < -0.4 is 15.8 Å². The molecule has 7 nitrogen and oxygen atoms in total. The molecule has 0 saturated carbocycles. The summed E-state index contributed by atoms with van der Waals surface area (Å²) in [5.74, 6) is -0.308. The van der Waals surface area contributed by atoms with Crippen molar-refractivity contribution in [2.24, 2.45) is 5.14 Å². The van der Waals surface area contributed by atoms with Gasteiger partial charge in [0, 0.05) is 13.1 Å². The Morgan fingerprint density at radius 1 is 1.52 bits per heavy atom. The van der Waals surface area contributed by atoms with Gasteiger partial charge in [-0.05, 0) is 18.2 Å². The fourth-order valence-electron chi connectivity index (χ4n) is 1.94. The fourth-order valence-corrected chi connectivity index (χ4v) is 2.64. The number of primary sulfonamides is 1. The molecular weight excluding hydrogens is 318 g/mol. The number of hydrogen-bond donors (Lipinski definition) is 3. The number of ether oxygens (including phenoxy) is 1. The van der Waals surface area contributed by atoms with E-state index in [2.05, 4.69) is 10.6 Å². The molecular formula is C12H16ClN3O4S. The van der Waals surface area contributed by atoms with E-state index < -0.39 is 10.0 Å². The van der Waals surface area contributed by atoms with Crippen molar-refractivity contribution in [2.75, 3.05) is 25.0 Å². The quantitative estimate of drug-likeness (QED) is 0.734. The third kappa shape index (κ3) is 4.65. The van der Waals surface area contributed by atoms with E-state index in [0.29, 0.717) is 13.2 Å². The summed E-state index contributed by atoms with van der Waals surface area (Å²) in [7, 11) is -3.85. The van der Waals surface area contributed by atoms with Crippen LogP contribution in [0.15, 0.2) is 23.1 Å². The summed E-state index contributed by atoms with van der Waals surface area (Å²) in [5, 5.41) is 11.0. The van der Waals surface area contributed by atoms with Crippen molar-refractivity contribution in [3.8, 4) is 0 Å². The number of halogens is 1. The van der Waals surface area contributed by atoms with E-state index in [0.717, 1.165) is 6.54 Å². The van der Waals surface area contributed by atoms with E-state index in [1.165, 1.54) is 18.2 Å². The molecule has 0 bridgehead atoms. The van der Waals surface area contributed by atoms with Gasteiger partial charge in [0.15, 0.2) is 0 Å². The van der Waals surface area contributed by atoms with Gasteiger partial charge >= 0.3 is 0 Å². The third-order valence-corrected chi connectivity index (χ3v) is 4.20. The maximum absolute atomic E-state index is 11.9. The zero-order valence-corrected chi connectivity index (χ0v) is 12.7. The van der Waals surface area contributed by atoms with Crippen LogP contribution in [0.1, 0.15) is 6.42 Å². The van der Waals surface area contributed by atoms with E-state index in [9.17, 15) is 13.2 Å². The van der Waals surface area contributed by atoms with Gasteiger partial charge in [-0.3, -0.25) is 4.79 Å². The Bertz CT molecular complexity index is 629. The van der Waals surface area contributed by atoms with Crippen LogP contribution in [0.4, 0.5) is 5.69 Å². The lowest BCUT2D eigenvalue weighted by atomic mass is 10.2. The van der Waals surface area contributed by atoms with E-state index >= 15 is 0 Å². The molecule has 0 aliphatic carbocycles. The normalized spacial score (nSPS) is 19.2. The molecule has 1 aliphatic heterocycles. The van der Waals surface area contributed by atoms with Crippen molar-refractivity contribution in [1.29, 1.82) is 0 Å². The number of morpholine rings is 1. The average molecular weight is 334 g/mol. The van der Waals surface area contributed by atoms with Gasteiger partial charge in [-0.15, -0.1) is 0 Å². The molecule has 1 atom stereocenters. The minimum Gasteiger partial charge on any atom is -0.375 e. The first-order valence-electron chi connectivity index (χ1n) is 6.31. The second-order valence-electron chi connectivity index (χ2n) is 4.64. The van der Waals surface area contributed by atoms with E-state index in [-0.39, 0.29) is 34.0 Å². The minimum absolute atomic E-state index is 0.113. The summed E-state index contributed by atoms with van der Waals surface area (Å²) in [6.45, 7) is 1.92. The summed E-state index contributed by atoms with van der Waals surface area (Å²) < 4.78 is 28.0. The Kier molecular flexibility index (Phi) is 5.17. The van der Waals surface area contributed by atoms with Crippen LogP contribution in [-0.2, 0) is 19.6 Å². The smallest absolute Gasteiger partial charge is 0.238 e. The molecule has 1 aliphatic rings. The monoisotopic (exact) mass is 333 g/mol. The molecule has 2 rings (SSSR count). The number of carbonyl (C=O) groups is 1. The van der Waals surface area contributed by atoms with Crippen molar-refractivity contribution in [1.82, 2.24) is 5.32 Å². The van der Waals surface area contributed by atoms with E-state index in [1.54, 1.807) is 0 Å². The highest BCUT2D eigenvalue weighted by Crippen LogP contribution is 2.25. The average Bonchev–Trinajstić information content (AvgIpc) is 2.41. The molecule has 1 aromatic carbocycles. The molecule has 1 aromatic rings. The lowest BCUT2D eigenvalue weighted by molar-refractivity contribution is -0.119. The maximum atomic E-state index is 11.9. The summed E-state index contributed by atoms with van der Waals surface area (Å²) in [5.41, 5.74) is 0.206. The highest BCUT2D eigenvalue weighted by atomic mass is 35.5. The molecule has 0 radical (unpaired) electrons. The van der Waals surface area contributed by atoms with Crippen LogP contribution in [0.2, 0.25) is 5.02 Å². The van der Waals surface area contributed by atoms with E-state index in [4.69, 9.17) is 21.5 Å². The molecule has 0 spiro atoms. The van der Waals surface area contributed by atoms with Gasteiger partial charge in [0.05, 0.1) is 34.7 Å². The van der Waals surface area contributed by atoms with Crippen LogP contribution in [0.25, 0.3) is 0 Å². The standard InChI is InChI=1S/C12H16ClN3O4S/c13-10-2-1-9(21(14,18)19)6-11(10)16-12(17)5-8-7-15-3-4-20-8/h1-2,6,8,15H,3-5,7H2,(H,16,17)(H2,14,18,19). The molecule has 21 heavy (non-hydrogen) atoms. The fraction of sp³-hybridized carbons (Fsp3) is 0.417. The van der Waals surface area contributed by atoms with Crippen molar-refractivity contribution in [2.45, 2.75) is 17.4 Å². The predicted molar refractivity (Wildman–Crippen MR) is 78.7 cm³/mol. The molecule has 1 saturated heterocycles. The van der Waals surface area contributed by atoms with Gasteiger partial charge in [0.2, 0.25) is 15.9 Å². The first kappa shape index (κ1) is 16.2. The van der Waals surface area contributed by atoms with Gasteiger partial charge in [-0.25, -0.2) is 13.6 Å². The Labute approximate surface area is 127 Å². The first-order valence-corrected chi connectivity index (χ1v) is 8.23. The second-order valence-corrected chi connectivity index (χ2v) is 6.60. The molecule has 116 valence electrons. The van der Waals surface area contributed by atoms with E-state index in [1.807, 2.05) is 0 Å². The summed E-state index contributed by atoms with van der Waals surface area (Å²) in [4.78, 5) is 11.8. The number of rotatable bonds is 4. The van der Waals surface area contributed by atoms with Gasteiger partial charge in [-0.2, -0.15) is 0 Å². The van der Waals surface area contributed by atoms with Crippen molar-refractivity contribution >= 4 is 33.2 Å². The summed E-state index contributed by atoms with van der Waals surface area (Å²) in [6, 6.07) is 3.88. The highest BCUT2D eigenvalue weighted by Gasteiger charge is 2.18. The summed E-state index contributed by atoms with van der Waals surface area (Å²) >= 11 is 5.94. The molecule has 1 amide bonds. The Balaban J connectivity index is 2.06. The topological polar surface area (TPSA) is 111 Å². The minimum atomic E-state index is -3.85. The summed E-state index contributed by atoms with van der Waals surface area (Å²) in [6.07, 6.45) is -0.0536. The Hall–Kier alpha value is -1.19. The molecule has 9 heteroatoms. The number of hydrogen-bond acceptors (Lipinski definition) is 5. The van der Waals surface area contributed by atoms with Crippen LogP contribution in [0.5, 0.6) is 0 Å². The van der Waals surface area contributed by atoms with Gasteiger partial charge in [0.1, 0.15) is 0 Å².